The highest BCUT2D eigenvalue weighted by molar-refractivity contribution is 4.86. The normalized spacial score (nSPS) is 48.0. The van der Waals surface area contributed by atoms with Crippen molar-refractivity contribution in [1.82, 2.24) is 0 Å². The van der Waals surface area contributed by atoms with Crippen molar-refractivity contribution < 1.29 is 15.3 Å². The van der Waals surface area contributed by atoms with Crippen LogP contribution in [0.4, 0.5) is 0 Å². The molecule has 2 saturated carbocycles. The molecule has 4 atom stereocenters. The summed E-state index contributed by atoms with van der Waals surface area (Å²) >= 11 is 0. The van der Waals surface area contributed by atoms with Crippen LogP contribution in [0.15, 0.2) is 0 Å². The Hall–Kier alpha value is -0.120. The van der Waals surface area contributed by atoms with Gasteiger partial charge in [0, 0.05) is 0 Å². The van der Waals surface area contributed by atoms with Crippen LogP contribution in [0.3, 0.4) is 0 Å². The van der Waals surface area contributed by atoms with Gasteiger partial charge in [-0.2, -0.15) is 0 Å². The van der Waals surface area contributed by atoms with Crippen LogP contribution in [0.2, 0.25) is 0 Å². The summed E-state index contributed by atoms with van der Waals surface area (Å²) in [7, 11) is 0. The molecule has 0 saturated heterocycles. The van der Waals surface area contributed by atoms with Gasteiger partial charge in [-0.3, -0.25) is 0 Å². The van der Waals surface area contributed by atoms with Gasteiger partial charge in [0.1, 0.15) is 0 Å². The van der Waals surface area contributed by atoms with Crippen molar-refractivity contribution in [3.8, 4) is 0 Å². The van der Waals surface area contributed by atoms with E-state index in [9.17, 15) is 15.3 Å². The minimum atomic E-state index is -0.326. The average molecular weight is 242 g/mol. The van der Waals surface area contributed by atoms with E-state index in [0.29, 0.717) is 24.2 Å². The van der Waals surface area contributed by atoms with E-state index in [1.54, 1.807) is 0 Å². The molecule has 2 rings (SSSR count). The van der Waals surface area contributed by atoms with Crippen LogP contribution in [0.25, 0.3) is 0 Å². The van der Waals surface area contributed by atoms with Gasteiger partial charge in [-0.25, -0.2) is 0 Å². The standard InChI is InChI=1S/C14H26O3/c1-9-6-11(14(17)8-13(9)16)7-10-2-4-12(15)5-3-10/h9-17H,2-8H2,1H3. The van der Waals surface area contributed by atoms with E-state index in [1.165, 1.54) is 0 Å². The lowest BCUT2D eigenvalue weighted by Crippen LogP contribution is -2.38. The molecule has 0 spiro atoms. The third-order valence-corrected chi connectivity index (χ3v) is 4.81. The summed E-state index contributed by atoms with van der Waals surface area (Å²) in [6.45, 7) is 2.08. The predicted molar refractivity (Wildman–Crippen MR) is 66.5 cm³/mol. The highest BCUT2D eigenvalue weighted by atomic mass is 16.3. The maximum Gasteiger partial charge on any atom is 0.0593 e. The zero-order chi connectivity index (χ0) is 12.4. The van der Waals surface area contributed by atoms with E-state index in [2.05, 4.69) is 6.92 Å². The van der Waals surface area contributed by atoms with Crippen LogP contribution in [0.5, 0.6) is 0 Å². The smallest absolute Gasteiger partial charge is 0.0593 e. The lowest BCUT2D eigenvalue weighted by molar-refractivity contribution is -0.0390. The van der Waals surface area contributed by atoms with E-state index in [0.717, 1.165) is 38.5 Å². The number of aliphatic hydroxyl groups is 3. The van der Waals surface area contributed by atoms with Crippen molar-refractivity contribution in [2.75, 3.05) is 0 Å². The Kier molecular flexibility index (Phi) is 4.45. The minimum Gasteiger partial charge on any atom is -0.393 e. The first-order valence-corrected chi connectivity index (χ1v) is 7.10. The first-order chi connectivity index (χ1) is 8.06. The molecule has 17 heavy (non-hydrogen) atoms. The summed E-state index contributed by atoms with van der Waals surface area (Å²) in [5, 5.41) is 29.2. The van der Waals surface area contributed by atoms with Gasteiger partial charge in [0.05, 0.1) is 18.3 Å². The van der Waals surface area contributed by atoms with Crippen molar-refractivity contribution in [2.45, 2.75) is 70.2 Å². The van der Waals surface area contributed by atoms with Gasteiger partial charge in [0.25, 0.3) is 0 Å². The lowest BCUT2D eigenvalue weighted by atomic mass is 9.72. The van der Waals surface area contributed by atoms with Crippen molar-refractivity contribution in [2.24, 2.45) is 17.8 Å². The quantitative estimate of drug-likeness (QED) is 0.690. The van der Waals surface area contributed by atoms with E-state index in [1.807, 2.05) is 0 Å². The highest BCUT2D eigenvalue weighted by Gasteiger charge is 2.34. The fourth-order valence-corrected chi connectivity index (χ4v) is 3.53. The largest absolute Gasteiger partial charge is 0.393 e. The molecule has 2 aliphatic carbocycles. The van der Waals surface area contributed by atoms with Crippen molar-refractivity contribution in [3.05, 3.63) is 0 Å². The Morgan fingerprint density at radius 1 is 0.882 bits per heavy atom. The molecule has 0 aromatic rings. The van der Waals surface area contributed by atoms with Crippen LogP contribution >= 0.6 is 0 Å². The molecular weight excluding hydrogens is 216 g/mol. The van der Waals surface area contributed by atoms with Gasteiger partial charge < -0.3 is 15.3 Å². The van der Waals surface area contributed by atoms with Gasteiger partial charge in [-0.15, -0.1) is 0 Å². The number of aliphatic hydroxyl groups excluding tert-OH is 3. The molecule has 0 heterocycles. The van der Waals surface area contributed by atoms with Crippen LogP contribution in [-0.4, -0.2) is 33.6 Å². The number of hydrogen-bond donors (Lipinski definition) is 3. The van der Waals surface area contributed by atoms with Crippen LogP contribution in [0.1, 0.15) is 51.9 Å². The van der Waals surface area contributed by atoms with Crippen LogP contribution in [-0.2, 0) is 0 Å². The molecule has 0 aliphatic heterocycles. The molecule has 100 valence electrons. The van der Waals surface area contributed by atoms with Gasteiger partial charge >= 0.3 is 0 Å². The molecule has 0 bridgehead atoms. The first-order valence-electron chi connectivity index (χ1n) is 7.10. The monoisotopic (exact) mass is 242 g/mol. The summed E-state index contributed by atoms with van der Waals surface area (Å²) in [6.07, 6.45) is 5.86. The maximum atomic E-state index is 10.0. The van der Waals surface area contributed by atoms with Gasteiger partial charge in [0.2, 0.25) is 0 Å². The molecule has 0 aromatic heterocycles. The van der Waals surface area contributed by atoms with E-state index < -0.39 is 0 Å². The average Bonchev–Trinajstić information content (AvgIpc) is 2.29. The number of hydrogen-bond acceptors (Lipinski definition) is 3. The third-order valence-electron chi connectivity index (χ3n) is 4.81. The number of rotatable bonds is 2. The predicted octanol–water partition coefficient (Wildman–Crippen LogP) is 1.70. The fraction of sp³-hybridized carbons (Fsp3) is 1.00. The molecule has 2 aliphatic rings. The van der Waals surface area contributed by atoms with E-state index in [-0.39, 0.29) is 18.3 Å². The third kappa shape index (κ3) is 3.43. The Labute approximate surface area is 104 Å². The zero-order valence-electron chi connectivity index (χ0n) is 10.8. The van der Waals surface area contributed by atoms with Crippen LogP contribution in [0, 0.1) is 17.8 Å². The molecule has 2 fully saturated rings. The van der Waals surface area contributed by atoms with Crippen molar-refractivity contribution >= 4 is 0 Å². The van der Waals surface area contributed by atoms with Crippen molar-refractivity contribution in [3.63, 3.8) is 0 Å². The van der Waals surface area contributed by atoms with Gasteiger partial charge in [0.15, 0.2) is 0 Å². The molecule has 0 radical (unpaired) electrons. The second-order valence-electron chi connectivity index (χ2n) is 6.25. The van der Waals surface area contributed by atoms with Crippen molar-refractivity contribution in [1.29, 1.82) is 0 Å². The fourth-order valence-electron chi connectivity index (χ4n) is 3.53. The minimum absolute atomic E-state index is 0.0942. The molecule has 3 heteroatoms. The topological polar surface area (TPSA) is 60.7 Å². The Morgan fingerprint density at radius 2 is 1.53 bits per heavy atom. The molecule has 3 N–H and O–H groups in total. The molecule has 4 unspecified atom stereocenters. The van der Waals surface area contributed by atoms with Gasteiger partial charge in [-0.1, -0.05) is 6.92 Å². The SMILES string of the molecule is CC1CC(CC2CCC(O)CC2)C(O)CC1O. The second kappa shape index (κ2) is 5.68. The maximum absolute atomic E-state index is 10.0. The Balaban J connectivity index is 1.82. The lowest BCUT2D eigenvalue weighted by Gasteiger charge is -2.38. The van der Waals surface area contributed by atoms with Gasteiger partial charge in [-0.05, 0) is 62.7 Å². The first kappa shape index (κ1) is 13.3. The summed E-state index contributed by atoms with van der Waals surface area (Å²) in [5.41, 5.74) is 0. The Morgan fingerprint density at radius 3 is 2.18 bits per heavy atom. The summed E-state index contributed by atoms with van der Waals surface area (Å²) < 4.78 is 0. The molecular formula is C14H26O3. The zero-order valence-corrected chi connectivity index (χ0v) is 10.8. The molecule has 0 amide bonds. The summed E-state index contributed by atoms with van der Waals surface area (Å²) in [6, 6.07) is 0. The highest BCUT2D eigenvalue weighted by Crippen LogP contribution is 2.37. The summed E-state index contributed by atoms with van der Waals surface area (Å²) in [4.78, 5) is 0. The summed E-state index contributed by atoms with van der Waals surface area (Å²) in [5.74, 6) is 1.34. The molecule has 3 nitrogen and oxygen atoms in total. The molecule has 0 aromatic carbocycles. The van der Waals surface area contributed by atoms with Crippen LogP contribution < -0.4 is 0 Å². The Bertz CT molecular complexity index is 236. The van der Waals surface area contributed by atoms with E-state index in [4.69, 9.17) is 0 Å². The second-order valence-corrected chi connectivity index (χ2v) is 6.25. The van der Waals surface area contributed by atoms with E-state index >= 15 is 0 Å².